The largest absolute Gasteiger partial charge is 0.284 e. The Labute approximate surface area is 103 Å². The maximum Gasteiger partial charge on any atom is 0.284 e. The minimum absolute atomic E-state index is 0.00407. The van der Waals surface area contributed by atoms with Crippen molar-refractivity contribution in [3.8, 4) is 0 Å². The summed E-state index contributed by atoms with van der Waals surface area (Å²) in [6, 6.07) is 9.05. The summed E-state index contributed by atoms with van der Waals surface area (Å²) in [5.41, 5.74) is -1.85. The molecule has 4 heteroatoms. The van der Waals surface area contributed by atoms with Crippen molar-refractivity contribution in [2.45, 2.75) is 12.6 Å². The molecule has 0 radical (unpaired) electrons. The highest BCUT2D eigenvalue weighted by Gasteiger charge is 2.27. The maximum atomic E-state index is 13.3. The summed E-state index contributed by atoms with van der Waals surface area (Å²) in [6.45, 7) is 1.94. The van der Waals surface area contributed by atoms with Gasteiger partial charge >= 0.3 is 0 Å². The van der Waals surface area contributed by atoms with Crippen LogP contribution in [0.1, 0.15) is 11.1 Å². The minimum atomic E-state index is -2.91. The second kappa shape index (κ2) is 4.05. The molecule has 0 bridgehead atoms. The van der Waals surface area contributed by atoms with Crippen LogP contribution in [0, 0.1) is 6.92 Å². The van der Waals surface area contributed by atoms with Crippen molar-refractivity contribution in [2.24, 2.45) is 0 Å². The van der Waals surface area contributed by atoms with Crippen LogP contribution in [0.15, 0.2) is 34.8 Å². The highest BCUT2D eigenvalue weighted by molar-refractivity contribution is 9.10. The topological polar surface area (TPSA) is 0 Å². The lowest BCUT2D eigenvalue weighted by molar-refractivity contribution is 0.103. The zero-order valence-electron chi connectivity index (χ0n) is 8.60. The van der Waals surface area contributed by atoms with Gasteiger partial charge < -0.3 is 0 Å². The van der Waals surface area contributed by atoms with E-state index >= 15 is 0 Å². The second-order valence-corrected chi connectivity index (χ2v) is 5.39. The predicted octanol–water partition coefficient (Wildman–Crippen LogP) is 4.84. The smallest absolute Gasteiger partial charge is 0.197 e. The Bertz CT molecular complexity index is 546. The molecule has 2 rings (SSSR count). The quantitative estimate of drug-likeness (QED) is 0.662. The summed E-state index contributed by atoms with van der Waals surface area (Å²) in [7, 11) is 1.56. The van der Waals surface area contributed by atoms with Gasteiger partial charge in [0.25, 0.3) is 5.66 Å². The Morgan fingerprint density at radius 3 is 2.44 bits per heavy atom. The minimum Gasteiger partial charge on any atom is -0.197 e. The van der Waals surface area contributed by atoms with Gasteiger partial charge in [0.05, 0.1) is 0 Å². The van der Waals surface area contributed by atoms with Crippen LogP contribution in [-0.4, -0.2) is 0 Å². The summed E-state index contributed by atoms with van der Waals surface area (Å²) >= 11 is 3.18. The van der Waals surface area contributed by atoms with Crippen LogP contribution in [0.4, 0.5) is 8.78 Å². The molecule has 2 aromatic carbocycles. The van der Waals surface area contributed by atoms with E-state index in [4.69, 9.17) is 0 Å². The molecule has 0 spiro atoms. The standard InChI is InChI=1S/C12H10BrF2P/c1-7-2-3-8-6-11(13)10(12(14,15)16)5-9(8)4-7/h2-6H,16H2,1H3. The number of aryl methyl sites for hydroxylation is 1. The van der Waals surface area contributed by atoms with E-state index in [2.05, 4.69) is 15.9 Å². The van der Waals surface area contributed by atoms with E-state index < -0.39 is 5.66 Å². The van der Waals surface area contributed by atoms with Crippen LogP contribution in [0.2, 0.25) is 0 Å². The van der Waals surface area contributed by atoms with Gasteiger partial charge in [-0.15, -0.1) is 0 Å². The first kappa shape index (κ1) is 11.9. The molecule has 2 aromatic rings. The molecule has 0 nitrogen and oxygen atoms in total. The molecule has 0 heterocycles. The maximum absolute atomic E-state index is 13.3. The first-order chi connectivity index (χ1) is 7.38. The van der Waals surface area contributed by atoms with Crippen molar-refractivity contribution in [3.63, 3.8) is 0 Å². The van der Waals surface area contributed by atoms with E-state index in [0.717, 1.165) is 16.3 Å². The Morgan fingerprint density at radius 2 is 1.81 bits per heavy atom. The molecule has 0 aliphatic rings. The van der Waals surface area contributed by atoms with Crippen LogP contribution in [0.5, 0.6) is 0 Å². The summed E-state index contributed by atoms with van der Waals surface area (Å²) in [5, 5.41) is 1.79. The van der Waals surface area contributed by atoms with E-state index in [1.54, 1.807) is 15.3 Å². The van der Waals surface area contributed by atoms with E-state index in [9.17, 15) is 8.78 Å². The average molecular weight is 303 g/mol. The Hall–Kier alpha value is -0.530. The molecular formula is C12H10BrF2P. The lowest BCUT2D eigenvalue weighted by atomic mass is 10.0. The van der Waals surface area contributed by atoms with Crippen LogP contribution < -0.4 is 0 Å². The fourth-order valence-corrected chi connectivity index (χ4v) is 2.72. The van der Waals surface area contributed by atoms with Crippen molar-refractivity contribution < 1.29 is 8.78 Å². The summed E-state index contributed by atoms with van der Waals surface area (Å²) in [5.74, 6) is 0. The number of fused-ring (bicyclic) bond motifs is 1. The van der Waals surface area contributed by atoms with E-state index in [0.29, 0.717) is 4.47 Å². The van der Waals surface area contributed by atoms with Gasteiger partial charge in [-0.25, -0.2) is 0 Å². The second-order valence-electron chi connectivity index (χ2n) is 3.81. The fraction of sp³-hybridized carbons (Fsp3) is 0.167. The number of hydrogen-bond acceptors (Lipinski definition) is 0. The number of halogens is 3. The molecule has 0 saturated carbocycles. The molecule has 0 amide bonds. The molecule has 1 atom stereocenters. The molecule has 84 valence electrons. The molecule has 0 aliphatic carbocycles. The van der Waals surface area contributed by atoms with Crippen LogP contribution in [0.3, 0.4) is 0 Å². The first-order valence-corrected chi connectivity index (χ1v) is 6.12. The third-order valence-corrected chi connectivity index (χ3v) is 3.41. The molecular weight excluding hydrogens is 293 g/mol. The predicted molar refractivity (Wildman–Crippen MR) is 70.0 cm³/mol. The number of alkyl halides is 2. The Morgan fingerprint density at radius 1 is 1.12 bits per heavy atom. The van der Waals surface area contributed by atoms with Gasteiger partial charge in [-0.3, -0.25) is 0 Å². The van der Waals surface area contributed by atoms with Gasteiger partial charge in [-0.05, 0) is 29.8 Å². The van der Waals surface area contributed by atoms with Crippen molar-refractivity contribution in [1.29, 1.82) is 0 Å². The van der Waals surface area contributed by atoms with Gasteiger partial charge in [-0.2, -0.15) is 8.78 Å². The highest BCUT2D eigenvalue weighted by atomic mass is 79.9. The lowest BCUT2D eigenvalue weighted by Crippen LogP contribution is -2.03. The van der Waals surface area contributed by atoms with Gasteiger partial charge in [0.15, 0.2) is 0 Å². The van der Waals surface area contributed by atoms with Crippen LogP contribution >= 0.6 is 25.2 Å². The number of hydrogen-bond donors (Lipinski definition) is 0. The van der Waals surface area contributed by atoms with Gasteiger partial charge in [0, 0.05) is 10.0 Å². The van der Waals surface area contributed by atoms with E-state index in [-0.39, 0.29) is 5.56 Å². The molecule has 1 unspecified atom stereocenters. The van der Waals surface area contributed by atoms with Crippen molar-refractivity contribution in [3.05, 3.63) is 45.9 Å². The fourth-order valence-electron chi connectivity index (χ4n) is 1.64. The monoisotopic (exact) mass is 302 g/mol. The van der Waals surface area contributed by atoms with Crippen LogP contribution in [0.25, 0.3) is 10.8 Å². The van der Waals surface area contributed by atoms with Crippen molar-refractivity contribution in [2.75, 3.05) is 0 Å². The van der Waals surface area contributed by atoms with Crippen LogP contribution in [-0.2, 0) is 5.66 Å². The average Bonchev–Trinajstić information content (AvgIpc) is 2.16. The number of rotatable bonds is 1. The summed E-state index contributed by atoms with van der Waals surface area (Å²) < 4.78 is 27.0. The van der Waals surface area contributed by atoms with Crippen molar-refractivity contribution in [1.82, 2.24) is 0 Å². The normalized spacial score (nSPS) is 12.1. The molecule has 16 heavy (non-hydrogen) atoms. The van der Waals surface area contributed by atoms with Gasteiger partial charge in [-0.1, -0.05) is 48.9 Å². The summed E-state index contributed by atoms with van der Waals surface area (Å²) in [6.07, 6.45) is 0. The third kappa shape index (κ3) is 2.26. The molecule has 0 aromatic heterocycles. The molecule has 0 fully saturated rings. The molecule has 0 saturated heterocycles. The lowest BCUT2D eigenvalue weighted by Gasteiger charge is -2.14. The number of benzene rings is 2. The van der Waals surface area contributed by atoms with Crippen molar-refractivity contribution >= 4 is 35.9 Å². The van der Waals surface area contributed by atoms with E-state index in [1.807, 2.05) is 25.1 Å². The Balaban J connectivity index is 2.74. The zero-order chi connectivity index (χ0) is 11.9. The zero-order valence-corrected chi connectivity index (χ0v) is 11.3. The first-order valence-electron chi connectivity index (χ1n) is 4.75. The van der Waals surface area contributed by atoms with E-state index in [1.165, 1.54) is 6.07 Å². The third-order valence-electron chi connectivity index (χ3n) is 2.44. The van der Waals surface area contributed by atoms with Gasteiger partial charge in [0.1, 0.15) is 0 Å². The molecule has 0 N–H and O–H groups in total. The Kier molecular flexibility index (Phi) is 3.02. The van der Waals surface area contributed by atoms with Gasteiger partial charge in [0.2, 0.25) is 0 Å². The SMILES string of the molecule is Cc1ccc2cc(Br)c(C(F)(F)P)cc2c1. The summed E-state index contributed by atoms with van der Waals surface area (Å²) in [4.78, 5) is 0. The molecule has 0 aliphatic heterocycles. The highest BCUT2D eigenvalue weighted by Crippen LogP contribution is 2.40.